The van der Waals surface area contributed by atoms with E-state index in [1.807, 2.05) is 45.0 Å². The van der Waals surface area contributed by atoms with Gasteiger partial charge in [-0.05, 0) is 30.0 Å². The van der Waals surface area contributed by atoms with Gasteiger partial charge in [0.05, 0.1) is 23.9 Å². The van der Waals surface area contributed by atoms with Crippen LogP contribution < -0.4 is 5.32 Å². The molecule has 1 amide bonds. The van der Waals surface area contributed by atoms with Crippen LogP contribution in [0.1, 0.15) is 42.4 Å². The smallest absolute Gasteiger partial charge is 0.254 e. The van der Waals surface area contributed by atoms with Crippen LogP contribution in [0.4, 0.5) is 0 Å². The number of carbonyl (C=O) groups excluding carboxylic acids is 1. The number of hydrogen-bond donors (Lipinski definition) is 2. The predicted octanol–water partition coefficient (Wildman–Crippen LogP) is 3.03. The van der Waals surface area contributed by atoms with Crippen LogP contribution in [-0.2, 0) is 6.54 Å². The van der Waals surface area contributed by atoms with Crippen LogP contribution in [0.3, 0.4) is 0 Å². The Bertz CT molecular complexity index is 719. The zero-order valence-electron chi connectivity index (χ0n) is 14.5. The number of nitrogens with zero attached hydrogens (tertiary/aromatic N) is 2. The summed E-state index contributed by atoms with van der Waals surface area (Å²) in [5.74, 6) is -0.229. The van der Waals surface area contributed by atoms with Crippen molar-refractivity contribution in [1.82, 2.24) is 15.1 Å². The van der Waals surface area contributed by atoms with Crippen molar-refractivity contribution in [1.29, 1.82) is 0 Å². The van der Waals surface area contributed by atoms with Crippen molar-refractivity contribution < 1.29 is 9.90 Å². The largest absolute Gasteiger partial charge is 0.391 e. The molecule has 0 aliphatic heterocycles. The third kappa shape index (κ3) is 4.82. The number of halogens is 1. The number of aryl methyl sites for hydroxylation is 1. The number of aliphatic hydroxyl groups excluding tert-OH is 1. The van der Waals surface area contributed by atoms with Gasteiger partial charge in [0.1, 0.15) is 0 Å². The van der Waals surface area contributed by atoms with Crippen LogP contribution in [0.15, 0.2) is 30.5 Å². The number of carbonyl (C=O) groups is 1. The van der Waals surface area contributed by atoms with Crippen molar-refractivity contribution in [2.75, 3.05) is 6.54 Å². The first-order valence-corrected chi connectivity index (χ1v) is 8.29. The van der Waals surface area contributed by atoms with Crippen LogP contribution in [0, 0.1) is 12.3 Å². The highest BCUT2D eigenvalue weighted by atomic mass is 35.5. The van der Waals surface area contributed by atoms with Crippen molar-refractivity contribution in [3.05, 3.63) is 52.3 Å². The summed E-state index contributed by atoms with van der Waals surface area (Å²) in [6.07, 6.45) is 1.11. The summed E-state index contributed by atoms with van der Waals surface area (Å²) >= 11 is 5.99. The molecule has 0 radical (unpaired) electrons. The van der Waals surface area contributed by atoms with Gasteiger partial charge in [-0.3, -0.25) is 9.48 Å². The summed E-state index contributed by atoms with van der Waals surface area (Å²) in [5.41, 5.74) is 1.90. The summed E-state index contributed by atoms with van der Waals surface area (Å²) < 4.78 is 1.72. The van der Waals surface area contributed by atoms with E-state index in [4.69, 9.17) is 11.6 Å². The molecule has 0 saturated heterocycles. The first-order valence-electron chi connectivity index (χ1n) is 7.91. The van der Waals surface area contributed by atoms with Gasteiger partial charge in [-0.25, -0.2) is 0 Å². The fourth-order valence-corrected chi connectivity index (χ4v) is 2.45. The molecule has 2 N–H and O–H groups in total. The Balaban J connectivity index is 2.04. The minimum atomic E-state index is -0.608. The van der Waals surface area contributed by atoms with Crippen LogP contribution in [0.5, 0.6) is 0 Å². The zero-order valence-corrected chi connectivity index (χ0v) is 15.3. The summed E-state index contributed by atoms with van der Waals surface area (Å²) in [6.45, 7) is 8.33. The molecule has 24 heavy (non-hydrogen) atoms. The van der Waals surface area contributed by atoms with Gasteiger partial charge < -0.3 is 10.4 Å². The molecule has 1 aromatic carbocycles. The summed E-state index contributed by atoms with van der Waals surface area (Å²) in [4.78, 5) is 12.3. The SMILES string of the molecule is Cc1nn(Cc2cccc(Cl)c2)cc1C(=O)NCC(O)C(C)(C)C. The first kappa shape index (κ1) is 18.5. The molecule has 2 aromatic rings. The highest BCUT2D eigenvalue weighted by molar-refractivity contribution is 6.30. The molecule has 0 bridgehead atoms. The molecular formula is C18H24ClN3O2. The van der Waals surface area contributed by atoms with E-state index in [1.165, 1.54) is 0 Å². The molecule has 6 heteroatoms. The van der Waals surface area contributed by atoms with Crippen LogP contribution in [-0.4, -0.2) is 33.4 Å². The van der Waals surface area contributed by atoms with Crippen molar-refractivity contribution in [2.45, 2.75) is 40.3 Å². The molecule has 130 valence electrons. The maximum absolute atomic E-state index is 12.3. The molecule has 0 aliphatic rings. The van der Waals surface area contributed by atoms with Crippen LogP contribution in [0.2, 0.25) is 5.02 Å². The Labute approximate surface area is 147 Å². The van der Waals surface area contributed by atoms with Crippen molar-refractivity contribution in [3.63, 3.8) is 0 Å². The number of rotatable bonds is 5. The number of aromatic nitrogens is 2. The van der Waals surface area contributed by atoms with E-state index < -0.39 is 6.10 Å². The van der Waals surface area contributed by atoms with Gasteiger partial charge in [-0.2, -0.15) is 5.10 Å². The van der Waals surface area contributed by atoms with E-state index >= 15 is 0 Å². The summed E-state index contributed by atoms with van der Waals surface area (Å²) in [6, 6.07) is 7.54. The van der Waals surface area contributed by atoms with E-state index in [1.54, 1.807) is 17.8 Å². The molecule has 0 saturated carbocycles. The van der Waals surface area contributed by atoms with Crippen molar-refractivity contribution in [3.8, 4) is 0 Å². The maximum atomic E-state index is 12.3. The Hall–Kier alpha value is -1.85. The van der Waals surface area contributed by atoms with Gasteiger partial charge in [-0.1, -0.05) is 44.5 Å². The van der Waals surface area contributed by atoms with Crippen LogP contribution >= 0.6 is 11.6 Å². The lowest BCUT2D eigenvalue weighted by molar-refractivity contribution is 0.0586. The van der Waals surface area contributed by atoms with Gasteiger partial charge >= 0.3 is 0 Å². The molecule has 2 rings (SSSR count). The third-order valence-electron chi connectivity index (χ3n) is 3.88. The Morgan fingerprint density at radius 3 is 2.75 bits per heavy atom. The minimum Gasteiger partial charge on any atom is -0.391 e. The van der Waals surface area contributed by atoms with Gasteiger partial charge in [-0.15, -0.1) is 0 Å². The standard InChI is InChI=1S/C18H24ClN3O2/c1-12-15(17(24)20-9-16(23)18(2,3)4)11-22(21-12)10-13-6-5-7-14(19)8-13/h5-8,11,16,23H,9-10H2,1-4H3,(H,20,24). The average Bonchev–Trinajstić information content (AvgIpc) is 2.84. The monoisotopic (exact) mass is 349 g/mol. The summed E-state index contributed by atoms with van der Waals surface area (Å²) in [5, 5.41) is 17.9. The van der Waals surface area contributed by atoms with Crippen molar-refractivity contribution in [2.24, 2.45) is 5.41 Å². The van der Waals surface area contributed by atoms with E-state index in [9.17, 15) is 9.90 Å². The second-order valence-electron chi connectivity index (χ2n) is 7.05. The quantitative estimate of drug-likeness (QED) is 0.871. The molecule has 1 aromatic heterocycles. The highest BCUT2D eigenvalue weighted by Gasteiger charge is 2.23. The normalized spacial score (nSPS) is 12.9. The fourth-order valence-electron chi connectivity index (χ4n) is 2.23. The van der Waals surface area contributed by atoms with Crippen molar-refractivity contribution >= 4 is 17.5 Å². The Kier molecular flexibility index (Phi) is 5.67. The number of hydrogen-bond acceptors (Lipinski definition) is 3. The second kappa shape index (κ2) is 7.36. The Morgan fingerprint density at radius 2 is 2.12 bits per heavy atom. The van der Waals surface area contributed by atoms with E-state index in [2.05, 4.69) is 10.4 Å². The third-order valence-corrected chi connectivity index (χ3v) is 4.12. The molecule has 1 atom stereocenters. The van der Waals surface area contributed by atoms with Gasteiger partial charge in [0, 0.05) is 17.8 Å². The molecule has 0 aliphatic carbocycles. The lowest BCUT2D eigenvalue weighted by Crippen LogP contribution is -2.39. The van der Waals surface area contributed by atoms with Gasteiger partial charge in [0.15, 0.2) is 0 Å². The second-order valence-corrected chi connectivity index (χ2v) is 7.48. The average molecular weight is 350 g/mol. The highest BCUT2D eigenvalue weighted by Crippen LogP contribution is 2.18. The number of benzene rings is 1. The topological polar surface area (TPSA) is 67.2 Å². The van der Waals surface area contributed by atoms with Gasteiger partial charge in [0.2, 0.25) is 0 Å². The number of amides is 1. The van der Waals surface area contributed by atoms with Crippen LogP contribution in [0.25, 0.3) is 0 Å². The molecular weight excluding hydrogens is 326 g/mol. The lowest BCUT2D eigenvalue weighted by atomic mass is 9.89. The van der Waals surface area contributed by atoms with E-state index in [0.29, 0.717) is 22.8 Å². The molecule has 0 spiro atoms. The molecule has 1 unspecified atom stereocenters. The molecule has 5 nitrogen and oxygen atoms in total. The fraction of sp³-hybridized carbons (Fsp3) is 0.444. The summed E-state index contributed by atoms with van der Waals surface area (Å²) in [7, 11) is 0. The predicted molar refractivity (Wildman–Crippen MR) is 95.3 cm³/mol. The molecule has 0 fully saturated rings. The Morgan fingerprint density at radius 1 is 1.42 bits per heavy atom. The van der Waals surface area contributed by atoms with Gasteiger partial charge in [0.25, 0.3) is 5.91 Å². The number of nitrogens with one attached hydrogen (secondary N) is 1. The maximum Gasteiger partial charge on any atom is 0.254 e. The van der Waals surface area contributed by atoms with E-state index in [0.717, 1.165) is 5.56 Å². The lowest BCUT2D eigenvalue weighted by Gasteiger charge is -2.25. The molecule has 1 heterocycles. The van der Waals surface area contributed by atoms with E-state index in [-0.39, 0.29) is 17.9 Å². The zero-order chi connectivity index (χ0) is 17.9. The minimum absolute atomic E-state index is 0.210. The number of aliphatic hydroxyl groups is 1. The first-order chi connectivity index (χ1) is 11.2.